The van der Waals surface area contributed by atoms with E-state index >= 15 is 0 Å². The third kappa shape index (κ3) is 8.04. The Morgan fingerprint density at radius 1 is 0.913 bits per heavy atom. The first kappa shape index (κ1) is 27.8. The molecule has 0 unspecified atom stereocenters. The lowest BCUT2D eigenvalue weighted by Crippen LogP contribution is -2.35. The number of benzene rings is 3. The van der Waals surface area contributed by atoms with E-state index in [1.165, 1.54) is 50.7 Å². The predicted octanol–water partition coefficient (Wildman–Crippen LogP) is 4.45. The summed E-state index contributed by atoms with van der Waals surface area (Å²) < 4.78 is 63.7. The lowest BCUT2D eigenvalue weighted by Gasteiger charge is -2.16. The smallest absolute Gasteiger partial charge is 0.333 e. The van der Waals surface area contributed by atoms with Crippen LogP contribution in [-0.4, -0.2) is 64.4 Å². The van der Waals surface area contributed by atoms with Crippen LogP contribution in [0.3, 0.4) is 0 Å². The third-order valence-electron chi connectivity index (χ3n) is 6.63. The molecule has 5 N–H and O–H groups in total. The van der Waals surface area contributed by atoms with Crippen LogP contribution in [0.5, 0.6) is 23.0 Å². The van der Waals surface area contributed by atoms with Crippen molar-refractivity contribution >= 4 is 46.0 Å². The highest BCUT2D eigenvalue weighted by atomic mass is 19.1. The predicted molar refractivity (Wildman–Crippen MR) is 163 cm³/mol. The van der Waals surface area contributed by atoms with E-state index in [1.54, 1.807) is 12.1 Å². The average Bonchev–Trinajstić information content (AvgIpc) is 3.90. The number of carboxylic acid groups (broad SMARTS) is 2. The molecule has 1 aliphatic carbocycles. The number of carbonyl (C=O) groups is 4. The highest BCUT2D eigenvalue weighted by Crippen LogP contribution is 2.47. The van der Waals surface area contributed by atoms with Gasteiger partial charge in [0.05, 0.1) is 31.6 Å². The molecule has 2 amide bonds. The number of fused-ring (bicyclic) bond motifs is 1. The highest BCUT2D eigenvalue weighted by Gasteiger charge is 2.56. The minimum absolute atomic E-state index is 0.197. The monoisotopic (exact) mass is 639 g/mol. The van der Waals surface area contributed by atoms with Crippen molar-refractivity contribution in [2.24, 2.45) is 5.41 Å². The Kier molecular flexibility index (Phi) is 8.66. The van der Waals surface area contributed by atoms with E-state index in [-0.39, 0.29) is 30.0 Å². The summed E-state index contributed by atoms with van der Waals surface area (Å²) in [7, 11) is 2.95. The van der Waals surface area contributed by atoms with Gasteiger partial charge in [-0.05, 0) is 73.4 Å². The lowest BCUT2D eigenvalue weighted by molar-refractivity contribution is -0.152. The number of carbonyl (C=O) groups excluding carboxylic acids is 2. The van der Waals surface area contributed by atoms with Crippen molar-refractivity contribution in [3.8, 4) is 23.0 Å². The number of hydrogen-bond donors (Lipinski definition) is 5. The van der Waals surface area contributed by atoms with Crippen molar-refractivity contribution in [2.45, 2.75) is 25.4 Å². The molecule has 13 nitrogen and oxygen atoms in total. The van der Waals surface area contributed by atoms with Gasteiger partial charge in [-0.1, -0.05) is 0 Å². The largest absolute Gasteiger partial charge is 0.493 e. The number of aliphatic hydroxyl groups excluding tert-OH is 1. The first-order valence-corrected chi connectivity index (χ1v) is 13.4. The third-order valence-corrected chi connectivity index (χ3v) is 6.63. The van der Waals surface area contributed by atoms with E-state index in [2.05, 4.69) is 15.6 Å². The van der Waals surface area contributed by atoms with E-state index in [9.17, 15) is 23.6 Å². The number of hydrogen-bond acceptors (Lipinski definition) is 9. The van der Waals surface area contributed by atoms with Crippen LogP contribution in [-0.2, 0) is 19.2 Å². The quantitative estimate of drug-likeness (QED) is 0.146. The number of methoxy groups -OCH3 is 2. The summed E-state index contributed by atoms with van der Waals surface area (Å²) in [6, 6.07) is 7.65. The average molecular weight is 640 g/mol. The topological polar surface area (TPSA) is 194 Å². The molecule has 3 aromatic carbocycles. The molecule has 4 aromatic rings. The molecule has 0 saturated heterocycles. The van der Waals surface area contributed by atoms with E-state index < -0.39 is 71.7 Å². The van der Waals surface area contributed by atoms with Gasteiger partial charge in [0.15, 0.2) is 17.6 Å². The van der Waals surface area contributed by atoms with Crippen molar-refractivity contribution in [1.82, 2.24) is 4.98 Å². The number of halogens is 1. The van der Waals surface area contributed by atoms with Crippen LogP contribution in [0.1, 0.15) is 24.7 Å². The Morgan fingerprint density at radius 2 is 1.50 bits per heavy atom. The van der Waals surface area contributed by atoms with Gasteiger partial charge in [-0.15, -0.1) is 0 Å². The number of rotatable bonds is 11. The highest BCUT2D eigenvalue weighted by molar-refractivity contribution is 6.16. The number of aliphatic carboxylic acids is 2. The van der Waals surface area contributed by atoms with Crippen LogP contribution in [0.15, 0.2) is 72.8 Å². The normalized spacial score (nSPS) is 14.5. The number of anilines is 2. The van der Waals surface area contributed by atoms with Crippen LogP contribution in [0.25, 0.3) is 10.9 Å². The van der Waals surface area contributed by atoms with Crippen molar-refractivity contribution < 1.29 is 58.6 Å². The minimum atomic E-state index is -1.79. The molecule has 1 saturated carbocycles. The second kappa shape index (κ2) is 14.3. The zero-order chi connectivity index (χ0) is 36.9. The first-order chi connectivity index (χ1) is 23.6. The Balaban J connectivity index is 0.000000551. The van der Waals surface area contributed by atoms with Crippen LogP contribution in [0.2, 0.25) is 0 Å². The van der Waals surface area contributed by atoms with Gasteiger partial charge in [-0.25, -0.2) is 9.18 Å². The van der Waals surface area contributed by atoms with Crippen LogP contribution in [0, 0.1) is 11.2 Å². The van der Waals surface area contributed by atoms with Gasteiger partial charge in [0, 0.05) is 29.0 Å². The van der Waals surface area contributed by atoms with Gasteiger partial charge >= 0.3 is 11.9 Å². The summed E-state index contributed by atoms with van der Waals surface area (Å²) in [6.45, 7) is 0. The van der Waals surface area contributed by atoms with Crippen molar-refractivity contribution in [3.63, 3.8) is 0 Å². The molecule has 1 aliphatic rings. The second-order valence-electron chi connectivity index (χ2n) is 9.79. The van der Waals surface area contributed by atoms with Gasteiger partial charge in [-0.2, -0.15) is 0 Å². The Bertz CT molecular complexity index is 1950. The number of nitrogens with zero attached hydrogens (tertiary/aromatic N) is 1. The van der Waals surface area contributed by atoms with Gasteiger partial charge in [0.25, 0.3) is 0 Å². The van der Waals surface area contributed by atoms with Crippen LogP contribution >= 0.6 is 0 Å². The molecule has 46 heavy (non-hydrogen) atoms. The number of carboxylic acids is 2. The molecule has 14 heteroatoms. The summed E-state index contributed by atoms with van der Waals surface area (Å²) >= 11 is 0. The van der Waals surface area contributed by atoms with E-state index in [0.717, 1.165) is 0 Å². The molecule has 1 atom stereocenters. The summed E-state index contributed by atoms with van der Waals surface area (Å²) in [5.74, 6) is -4.04. The van der Waals surface area contributed by atoms with E-state index in [1.807, 2.05) is 0 Å². The molecule has 0 bridgehead atoms. The van der Waals surface area contributed by atoms with Gasteiger partial charge in [-0.3, -0.25) is 19.4 Å². The SMILES string of the molecule is O=C(O)C[C@H](O)C(=O)O.[2H]c1c([2H])c(Oc2ccnc3cc(OC)c(OC)cc23)c([2H])c([2H])c1NC(=O)C1(C(=O)Nc2ccc(F)cc2)CC1. The number of pyridine rings is 1. The van der Waals surface area contributed by atoms with Gasteiger partial charge in [0.1, 0.15) is 22.7 Å². The van der Waals surface area contributed by atoms with E-state index in [0.29, 0.717) is 28.1 Å². The zero-order valence-electron chi connectivity index (χ0n) is 28.3. The van der Waals surface area contributed by atoms with Crippen LogP contribution in [0.4, 0.5) is 15.8 Å². The Labute approximate surface area is 267 Å². The first-order valence-electron chi connectivity index (χ1n) is 15.4. The van der Waals surface area contributed by atoms with E-state index in [4.69, 9.17) is 35.0 Å². The summed E-state index contributed by atoms with van der Waals surface area (Å²) in [6.07, 6.45) is -0.643. The number of aromatic nitrogens is 1. The maximum Gasteiger partial charge on any atom is 0.333 e. The molecule has 1 fully saturated rings. The zero-order valence-corrected chi connectivity index (χ0v) is 24.3. The second-order valence-corrected chi connectivity index (χ2v) is 9.79. The molecular formula is C32H30FN3O10. The molecule has 5 rings (SSSR count). The molecule has 240 valence electrons. The van der Waals surface area contributed by atoms with Gasteiger partial charge < -0.3 is 40.2 Å². The molecular weight excluding hydrogens is 605 g/mol. The maximum atomic E-state index is 13.2. The Hall–Kier alpha value is -5.76. The van der Waals surface area contributed by atoms with Crippen molar-refractivity contribution in [3.05, 3.63) is 78.6 Å². The summed E-state index contributed by atoms with van der Waals surface area (Å²) in [4.78, 5) is 49.8. The molecule has 1 aromatic heterocycles. The van der Waals surface area contributed by atoms with Crippen molar-refractivity contribution in [2.75, 3.05) is 24.9 Å². The van der Waals surface area contributed by atoms with Crippen molar-refractivity contribution in [1.29, 1.82) is 0 Å². The minimum Gasteiger partial charge on any atom is -0.493 e. The fourth-order valence-electron chi connectivity index (χ4n) is 4.01. The number of aliphatic hydroxyl groups is 1. The molecule has 0 spiro atoms. The van der Waals surface area contributed by atoms with Gasteiger partial charge in [0.2, 0.25) is 11.8 Å². The number of ether oxygens (including phenoxy) is 3. The Morgan fingerprint density at radius 3 is 2.02 bits per heavy atom. The number of amides is 2. The maximum absolute atomic E-state index is 13.2. The number of nitrogens with one attached hydrogen (secondary N) is 2. The summed E-state index contributed by atoms with van der Waals surface area (Å²) in [5, 5.41) is 29.6. The standard InChI is InChI=1S/C28H24FN3O5.C4H6O5/c1-35-24-15-21-22(16-25(24)36-2)30-14-11-23(21)37-20-9-7-19(8-10-20)32-27(34)28(12-13-28)26(33)31-18-5-3-17(29)4-6-18;5-2(4(8)9)1-3(6)7/h3-11,14-16H,12-13H2,1-2H3,(H,31,33)(H,32,34);2,5H,1H2,(H,6,7)(H,8,9)/t;2-/m.0/s1/i7D,8D,9D,10D;. The van der Waals surface area contributed by atoms with Crippen LogP contribution < -0.4 is 24.8 Å². The fourth-order valence-corrected chi connectivity index (χ4v) is 4.01. The molecule has 0 radical (unpaired) electrons. The molecule has 1 heterocycles. The molecule has 0 aliphatic heterocycles. The summed E-state index contributed by atoms with van der Waals surface area (Å²) in [5.41, 5.74) is -1.05. The fraction of sp³-hybridized carbons (Fsp3) is 0.219. The lowest BCUT2D eigenvalue weighted by atomic mass is 10.0.